The van der Waals surface area contributed by atoms with Gasteiger partial charge in [-0.25, -0.2) is 4.79 Å². The van der Waals surface area contributed by atoms with E-state index in [2.05, 4.69) is 5.32 Å². The quantitative estimate of drug-likeness (QED) is 0.735. The molecule has 0 aromatic heterocycles. The molecule has 1 amide bonds. The zero-order chi connectivity index (χ0) is 19.9. The molecule has 0 saturated heterocycles. The van der Waals surface area contributed by atoms with Crippen LogP contribution in [0.1, 0.15) is 12.5 Å². The van der Waals surface area contributed by atoms with Crippen LogP contribution in [-0.2, 0) is 20.7 Å². The van der Waals surface area contributed by atoms with Crippen molar-refractivity contribution in [3.05, 3.63) is 54.1 Å². The maximum absolute atomic E-state index is 12.3. The van der Waals surface area contributed by atoms with Crippen LogP contribution in [-0.4, -0.2) is 44.3 Å². The topological polar surface area (TPSA) is 83.1 Å². The second kappa shape index (κ2) is 9.12. The number of esters is 1. The number of hydrogen-bond acceptors (Lipinski definition) is 6. The second-order valence-corrected chi connectivity index (χ2v) is 6.33. The first-order chi connectivity index (χ1) is 13.6. The van der Waals surface area contributed by atoms with Crippen molar-refractivity contribution in [1.29, 1.82) is 0 Å². The highest BCUT2D eigenvalue weighted by Crippen LogP contribution is 2.31. The van der Waals surface area contributed by atoms with Gasteiger partial charge in [0.2, 0.25) is 6.10 Å². The molecule has 0 aliphatic carbocycles. The van der Waals surface area contributed by atoms with Gasteiger partial charge in [-0.05, 0) is 43.2 Å². The maximum Gasteiger partial charge on any atom is 0.351 e. The normalized spacial score (nSPS) is 16.0. The lowest BCUT2D eigenvalue weighted by molar-refractivity contribution is -0.163. The average molecular weight is 385 g/mol. The molecule has 0 fully saturated rings. The predicted molar refractivity (Wildman–Crippen MR) is 102 cm³/mol. The van der Waals surface area contributed by atoms with E-state index in [-0.39, 0.29) is 12.5 Å². The Labute approximate surface area is 163 Å². The number of fused-ring (bicyclic) bond motifs is 1. The van der Waals surface area contributed by atoms with Crippen LogP contribution < -0.4 is 19.5 Å². The summed E-state index contributed by atoms with van der Waals surface area (Å²) in [6, 6.07) is 14.7. The minimum absolute atomic E-state index is 0.0433. The molecule has 2 aromatic carbocycles. The fraction of sp³-hybridized carbons (Fsp3) is 0.333. The van der Waals surface area contributed by atoms with E-state index < -0.39 is 18.2 Å². The van der Waals surface area contributed by atoms with Gasteiger partial charge >= 0.3 is 5.97 Å². The van der Waals surface area contributed by atoms with Crippen LogP contribution in [0.15, 0.2) is 48.5 Å². The first-order valence-electron chi connectivity index (χ1n) is 9.06. The molecule has 0 unspecified atom stereocenters. The van der Waals surface area contributed by atoms with E-state index in [0.29, 0.717) is 24.5 Å². The van der Waals surface area contributed by atoms with E-state index in [9.17, 15) is 9.59 Å². The van der Waals surface area contributed by atoms with Gasteiger partial charge in [0.05, 0.1) is 7.11 Å². The monoisotopic (exact) mass is 385 g/mol. The molecule has 148 valence electrons. The molecule has 1 aliphatic rings. The highest BCUT2D eigenvalue weighted by atomic mass is 16.6. The van der Waals surface area contributed by atoms with E-state index in [1.54, 1.807) is 25.3 Å². The molecular formula is C21H23NO6. The number of ether oxygens (including phenoxy) is 4. The van der Waals surface area contributed by atoms with Crippen molar-refractivity contribution in [2.45, 2.75) is 25.6 Å². The number of amides is 1. The third-order valence-corrected chi connectivity index (χ3v) is 4.31. The summed E-state index contributed by atoms with van der Waals surface area (Å²) in [4.78, 5) is 24.4. The summed E-state index contributed by atoms with van der Waals surface area (Å²) in [6.07, 6.45) is -1.17. The minimum Gasteiger partial charge on any atom is -0.497 e. The lowest BCUT2D eigenvalue weighted by Gasteiger charge is -2.25. The Bertz CT molecular complexity index is 820. The summed E-state index contributed by atoms with van der Waals surface area (Å²) in [5, 5.41) is 2.76. The molecule has 0 spiro atoms. The van der Waals surface area contributed by atoms with Crippen molar-refractivity contribution >= 4 is 11.9 Å². The molecular weight excluding hydrogens is 362 g/mol. The molecule has 1 N–H and O–H groups in total. The zero-order valence-corrected chi connectivity index (χ0v) is 15.8. The molecule has 2 aromatic rings. The fourth-order valence-electron chi connectivity index (χ4n) is 2.71. The van der Waals surface area contributed by atoms with Crippen LogP contribution in [0.4, 0.5) is 0 Å². The molecule has 28 heavy (non-hydrogen) atoms. The van der Waals surface area contributed by atoms with E-state index in [1.165, 1.54) is 6.92 Å². The Morgan fingerprint density at radius 1 is 1.14 bits per heavy atom. The summed E-state index contributed by atoms with van der Waals surface area (Å²) in [5.41, 5.74) is 1.07. The number of nitrogens with one attached hydrogen (secondary N) is 1. The number of hydrogen-bond donors (Lipinski definition) is 1. The Morgan fingerprint density at radius 3 is 2.57 bits per heavy atom. The van der Waals surface area contributed by atoms with Gasteiger partial charge in [0.1, 0.15) is 12.4 Å². The van der Waals surface area contributed by atoms with E-state index >= 15 is 0 Å². The summed E-state index contributed by atoms with van der Waals surface area (Å²) in [7, 11) is 1.61. The number of rotatable bonds is 7. The van der Waals surface area contributed by atoms with Gasteiger partial charge in [0, 0.05) is 6.54 Å². The van der Waals surface area contributed by atoms with Crippen LogP contribution in [0.2, 0.25) is 0 Å². The van der Waals surface area contributed by atoms with Crippen molar-refractivity contribution in [3.8, 4) is 17.2 Å². The Balaban J connectivity index is 1.43. The van der Waals surface area contributed by atoms with Crippen molar-refractivity contribution < 1.29 is 28.5 Å². The van der Waals surface area contributed by atoms with Crippen LogP contribution in [0.25, 0.3) is 0 Å². The Hall–Kier alpha value is -3.22. The van der Waals surface area contributed by atoms with Crippen molar-refractivity contribution in [1.82, 2.24) is 5.32 Å². The molecule has 0 bridgehead atoms. The van der Waals surface area contributed by atoms with Gasteiger partial charge in [0.15, 0.2) is 17.6 Å². The third kappa shape index (κ3) is 4.94. The van der Waals surface area contributed by atoms with Crippen LogP contribution in [0.3, 0.4) is 0 Å². The first kappa shape index (κ1) is 19.5. The van der Waals surface area contributed by atoms with E-state index in [1.807, 2.05) is 30.3 Å². The third-order valence-electron chi connectivity index (χ3n) is 4.31. The van der Waals surface area contributed by atoms with E-state index in [0.717, 1.165) is 11.3 Å². The molecule has 7 nitrogen and oxygen atoms in total. The van der Waals surface area contributed by atoms with Gasteiger partial charge < -0.3 is 24.3 Å². The lowest BCUT2D eigenvalue weighted by Crippen LogP contribution is -2.43. The Morgan fingerprint density at radius 2 is 1.86 bits per heavy atom. The second-order valence-electron chi connectivity index (χ2n) is 6.33. The summed E-state index contributed by atoms with van der Waals surface area (Å²) < 4.78 is 21.4. The molecule has 7 heteroatoms. The van der Waals surface area contributed by atoms with Crippen LogP contribution in [0.5, 0.6) is 17.2 Å². The lowest BCUT2D eigenvalue weighted by atomic mass is 10.1. The fourth-order valence-corrected chi connectivity index (χ4v) is 2.71. The summed E-state index contributed by atoms with van der Waals surface area (Å²) in [6.45, 7) is 2.00. The smallest absolute Gasteiger partial charge is 0.351 e. The van der Waals surface area contributed by atoms with Gasteiger partial charge in [-0.2, -0.15) is 0 Å². The average Bonchev–Trinajstić information content (AvgIpc) is 2.73. The summed E-state index contributed by atoms with van der Waals surface area (Å²) in [5.74, 6) is 0.847. The number of methoxy groups -OCH3 is 1. The SMILES string of the molecule is COc1ccc(CCNC(=O)[C@H](C)OC(=O)[C@@H]2COc3ccccc3O2)cc1. The number of carbonyl (C=O) groups excluding carboxylic acids is 2. The minimum atomic E-state index is -0.927. The molecule has 0 saturated carbocycles. The highest BCUT2D eigenvalue weighted by molar-refractivity contribution is 5.84. The Kier molecular flexibility index (Phi) is 6.37. The maximum atomic E-state index is 12.3. The van der Waals surface area contributed by atoms with Crippen molar-refractivity contribution in [3.63, 3.8) is 0 Å². The number of para-hydroxylation sites is 2. The van der Waals surface area contributed by atoms with Gasteiger partial charge in [-0.15, -0.1) is 0 Å². The van der Waals surface area contributed by atoms with Crippen LogP contribution in [0, 0.1) is 0 Å². The number of carbonyl (C=O) groups is 2. The van der Waals surface area contributed by atoms with Crippen molar-refractivity contribution in [2.75, 3.05) is 20.3 Å². The zero-order valence-electron chi connectivity index (χ0n) is 15.8. The van der Waals surface area contributed by atoms with E-state index in [4.69, 9.17) is 18.9 Å². The van der Waals surface area contributed by atoms with Gasteiger partial charge in [-0.3, -0.25) is 4.79 Å². The van der Waals surface area contributed by atoms with Crippen LogP contribution >= 0.6 is 0 Å². The van der Waals surface area contributed by atoms with Gasteiger partial charge in [0.25, 0.3) is 5.91 Å². The highest BCUT2D eigenvalue weighted by Gasteiger charge is 2.31. The predicted octanol–water partition coefficient (Wildman–Crippen LogP) is 2.13. The van der Waals surface area contributed by atoms with Crippen molar-refractivity contribution in [2.24, 2.45) is 0 Å². The standard InChI is InChI=1S/C21H23NO6/c1-14(20(23)22-12-11-15-7-9-16(25-2)10-8-15)27-21(24)19-13-26-17-5-3-4-6-18(17)28-19/h3-10,14,19H,11-13H2,1-2H3,(H,22,23)/t14-,19-/m0/s1. The molecule has 0 radical (unpaired) electrons. The summed E-state index contributed by atoms with van der Waals surface area (Å²) >= 11 is 0. The molecule has 1 heterocycles. The molecule has 3 rings (SSSR count). The number of benzene rings is 2. The first-order valence-corrected chi connectivity index (χ1v) is 9.06. The molecule has 2 atom stereocenters. The van der Waals surface area contributed by atoms with Gasteiger partial charge in [-0.1, -0.05) is 24.3 Å². The largest absolute Gasteiger partial charge is 0.497 e. The molecule has 1 aliphatic heterocycles.